The fraction of sp³-hybridized carbons (Fsp3) is 0.267. The van der Waals surface area contributed by atoms with E-state index >= 15 is 0 Å². The van der Waals surface area contributed by atoms with Crippen molar-refractivity contribution in [1.29, 1.82) is 5.26 Å². The number of fused-ring (bicyclic) bond motifs is 1. The Morgan fingerprint density at radius 1 is 1.15 bits per heavy atom. The Hall–Kier alpha value is -1.90. The Bertz CT molecular complexity index is 784. The van der Waals surface area contributed by atoms with Crippen molar-refractivity contribution in [1.82, 2.24) is 4.72 Å². The van der Waals surface area contributed by atoms with Crippen LogP contribution in [0.15, 0.2) is 47.4 Å². The van der Waals surface area contributed by atoms with Crippen LogP contribution >= 0.6 is 0 Å². The molecule has 0 amide bonds. The SMILES string of the molecule is N#CC(NS(=O)(=O)c1cccc2ccccc12)C1CC1. The van der Waals surface area contributed by atoms with Gasteiger partial charge in [-0.25, -0.2) is 8.42 Å². The van der Waals surface area contributed by atoms with E-state index in [1.165, 1.54) is 0 Å². The first-order valence-corrected chi connectivity index (χ1v) is 8.00. The van der Waals surface area contributed by atoms with Crippen LogP contribution in [0.1, 0.15) is 12.8 Å². The average molecular weight is 286 g/mol. The second-order valence-electron chi connectivity index (χ2n) is 5.04. The number of nitrogens with zero attached hydrogens (tertiary/aromatic N) is 1. The van der Waals surface area contributed by atoms with Crippen molar-refractivity contribution in [2.75, 3.05) is 0 Å². The van der Waals surface area contributed by atoms with E-state index in [1.807, 2.05) is 30.3 Å². The highest BCUT2D eigenvalue weighted by atomic mass is 32.2. The number of nitriles is 1. The lowest BCUT2D eigenvalue weighted by molar-refractivity contribution is 0.561. The van der Waals surface area contributed by atoms with Crippen LogP contribution in [0.3, 0.4) is 0 Å². The van der Waals surface area contributed by atoms with E-state index in [4.69, 9.17) is 5.26 Å². The molecule has 1 saturated carbocycles. The van der Waals surface area contributed by atoms with Crippen molar-refractivity contribution < 1.29 is 8.42 Å². The molecule has 1 atom stereocenters. The highest BCUT2D eigenvalue weighted by Crippen LogP contribution is 2.33. The zero-order chi connectivity index (χ0) is 14.2. The molecule has 0 heterocycles. The first-order valence-electron chi connectivity index (χ1n) is 6.51. The Kier molecular flexibility index (Phi) is 3.20. The maximum absolute atomic E-state index is 12.5. The third-order valence-electron chi connectivity index (χ3n) is 3.55. The maximum atomic E-state index is 12.5. The maximum Gasteiger partial charge on any atom is 0.242 e. The minimum Gasteiger partial charge on any atom is -0.207 e. The Morgan fingerprint density at radius 2 is 1.85 bits per heavy atom. The molecule has 1 aliphatic carbocycles. The van der Waals surface area contributed by atoms with Crippen LogP contribution in [0, 0.1) is 17.2 Å². The summed E-state index contributed by atoms with van der Waals surface area (Å²) in [6.07, 6.45) is 1.83. The summed E-state index contributed by atoms with van der Waals surface area (Å²) in [6, 6.07) is 13.9. The van der Waals surface area contributed by atoms with E-state index in [0.717, 1.165) is 18.2 Å². The molecule has 1 unspecified atom stereocenters. The summed E-state index contributed by atoms with van der Waals surface area (Å²) in [7, 11) is -3.68. The summed E-state index contributed by atoms with van der Waals surface area (Å²) in [4.78, 5) is 0.233. The molecule has 0 aromatic heterocycles. The highest BCUT2D eigenvalue weighted by molar-refractivity contribution is 7.89. The topological polar surface area (TPSA) is 70.0 Å². The zero-order valence-electron chi connectivity index (χ0n) is 10.8. The van der Waals surface area contributed by atoms with Crippen molar-refractivity contribution in [2.24, 2.45) is 5.92 Å². The monoisotopic (exact) mass is 286 g/mol. The van der Waals surface area contributed by atoms with Crippen LogP contribution in [0.4, 0.5) is 0 Å². The number of hydrogen-bond acceptors (Lipinski definition) is 3. The smallest absolute Gasteiger partial charge is 0.207 e. The molecule has 0 aliphatic heterocycles. The van der Waals surface area contributed by atoms with E-state index < -0.39 is 16.1 Å². The van der Waals surface area contributed by atoms with Crippen molar-refractivity contribution >= 4 is 20.8 Å². The van der Waals surface area contributed by atoms with E-state index in [0.29, 0.717) is 5.39 Å². The molecule has 0 bridgehead atoms. The first-order chi connectivity index (χ1) is 9.62. The van der Waals surface area contributed by atoms with Gasteiger partial charge in [-0.3, -0.25) is 0 Å². The molecule has 5 heteroatoms. The van der Waals surface area contributed by atoms with Gasteiger partial charge in [-0.2, -0.15) is 9.98 Å². The normalized spacial score (nSPS) is 16.8. The Morgan fingerprint density at radius 3 is 2.55 bits per heavy atom. The largest absolute Gasteiger partial charge is 0.242 e. The predicted octanol–water partition coefficient (Wildman–Crippen LogP) is 2.42. The number of sulfonamides is 1. The summed E-state index contributed by atoms with van der Waals surface area (Å²) in [5.41, 5.74) is 0. The van der Waals surface area contributed by atoms with E-state index in [-0.39, 0.29) is 10.8 Å². The number of rotatable bonds is 4. The Labute approximate surface area is 118 Å². The number of benzene rings is 2. The zero-order valence-corrected chi connectivity index (χ0v) is 11.6. The molecular weight excluding hydrogens is 272 g/mol. The Balaban J connectivity index is 2.03. The first kappa shape index (κ1) is 13.1. The molecule has 1 fully saturated rings. The van der Waals surface area contributed by atoms with Gasteiger partial charge in [0.25, 0.3) is 0 Å². The van der Waals surface area contributed by atoms with Crippen LogP contribution in [0.2, 0.25) is 0 Å². The third-order valence-corrected chi connectivity index (χ3v) is 5.05. The standard InChI is InChI=1S/C15H14N2O2S/c16-10-14(12-8-9-12)17-20(18,19)15-7-3-5-11-4-1-2-6-13(11)15/h1-7,12,14,17H,8-9H2. The van der Waals surface area contributed by atoms with Gasteiger partial charge in [0.1, 0.15) is 6.04 Å². The summed E-state index contributed by atoms with van der Waals surface area (Å²) in [5, 5.41) is 10.6. The minimum atomic E-state index is -3.68. The van der Waals surface area contributed by atoms with Gasteiger partial charge in [0, 0.05) is 5.39 Å². The average Bonchev–Trinajstić information content (AvgIpc) is 3.29. The molecular formula is C15H14N2O2S. The fourth-order valence-corrected chi connectivity index (χ4v) is 3.76. The molecule has 1 N–H and O–H groups in total. The minimum absolute atomic E-state index is 0.157. The lowest BCUT2D eigenvalue weighted by atomic mass is 10.1. The number of nitrogens with one attached hydrogen (secondary N) is 1. The molecule has 102 valence electrons. The molecule has 3 rings (SSSR count). The summed E-state index contributed by atoms with van der Waals surface area (Å²) < 4.78 is 27.5. The summed E-state index contributed by atoms with van der Waals surface area (Å²) >= 11 is 0. The van der Waals surface area contributed by atoms with Gasteiger partial charge in [0.15, 0.2) is 0 Å². The van der Waals surface area contributed by atoms with Gasteiger partial charge >= 0.3 is 0 Å². The summed E-state index contributed by atoms with van der Waals surface area (Å²) in [6.45, 7) is 0. The second-order valence-corrected chi connectivity index (χ2v) is 6.73. The molecule has 2 aromatic carbocycles. The second kappa shape index (κ2) is 4.89. The van der Waals surface area contributed by atoms with Gasteiger partial charge in [0.05, 0.1) is 11.0 Å². The highest BCUT2D eigenvalue weighted by Gasteiger charge is 2.34. The van der Waals surface area contributed by atoms with E-state index in [9.17, 15) is 8.42 Å². The lowest BCUT2D eigenvalue weighted by Crippen LogP contribution is -2.35. The van der Waals surface area contributed by atoms with Crippen LogP contribution in [-0.4, -0.2) is 14.5 Å². The van der Waals surface area contributed by atoms with Crippen LogP contribution in [0.5, 0.6) is 0 Å². The molecule has 0 saturated heterocycles. The molecule has 2 aromatic rings. The van der Waals surface area contributed by atoms with Gasteiger partial charge in [-0.1, -0.05) is 36.4 Å². The molecule has 0 radical (unpaired) electrons. The van der Waals surface area contributed by atoms with E-state index in [1.54, 1.807) is 18.2 Å². The predicted molar refractivity (Wildman–Crippen MR) is 76.4 cm³/mol. The fourth-order valence-electron chi connectivity index (χ4n) is 2.32. The summed E-state index contributed by atoms with van der Waals surface area (Å²) in [5.74, 6) is 0.157. The van der Waals surface area contributed by atoms with Crippen LogP contribution < -0.4 is 4.72 Å². The number of hydrogen-bond donors (Lipinski definition) is 1. The van der Waals surface area contributed by atoms with Crippen molar-refractivity contribution in [3.8, 4) is 6.07 Å². The van der Waals surface area contributed by atoms with Gasteiger partial charge in [0.2, 0.25) is 10.0 Å². The lowest BCUT2D eigenvalue weighted by Gasteiger charge is -2.13. The molecule has 4 nitrogen and oxygen atoms in total. The van der Waals surface area contributed by atoms with Crippen LogP contribution in [0.25, 0.3) is 10.8 Å². The van der Waals surface area contributed by atoms with E-state index in [2.05, 4.69) is 4.72 Å². The third kappa shape index (κ3) is 2.40. The van der Waals surface area contributed by atoms with Crippen molar-refractivity contribution in [3.63, 3.8) is 0 Å². The molecule has 20 heavy (non-hydrogen) atoms. The van der Waals surface area contributed by atoms with Gasteiger partial charge < -0.3 is 0 Å². The van der Waals surface area contributed by atoms with Crippen molar-refractivity contribution in [2.45, 2.75) is 23.8 Å². The van der Waals surface area contributed by atoms with Crippen LogP contribution in [-0.2, 0) is 10.0 Å². The quantitative estimate of drug-likeness (QED) is 0.938. The van der Waals surface area contributed by atoms with Crippen molar-refractivity contribution in [3.05, 3.63) is 42.5 Å². The molecule has 1 aliphatic rings. The van der Waals surface area contributed by atoms with Gasteiger partial charge in [-0.15, -0.1) is 0 Å². The van der Waals surface area contributed by atoms with Gasteiger partial charge in [-0.05, 0) is 30.2 Å². The molecule has 0 spiro atoms.